The Labute approximate surface area is 92.6 Å². The van der Waals surface area contributed by atoms with Gasteiger partial charge in [-0.15, -0.1) is 0 Å². The van der Waals surface area contributed by atoms with Crippen LogP contribution in [-0.2, 0) is 4.79 Å². The van der Waals surface area contributed by atoms with E-state index in [0.717, 1.165) is 12.1 Å². The number of likely N-dealkylation sites (N-methyl/N-ethyl adjacent to an activating group) is 1. The summed E-state index contributed by atoms with van der Waals surface area (Å²) in [6, 6.07) is 1.97. The molecule has 0 aliphatic carbocycles. The fraction of sp³-hybridized carbons (Fsp3) is 0.364. The highest BCUT2D eigenvalue weighted by Gasteiger charge is 2.14. The van der Waals surface area contributed by atoms with Crippen molar-refractivity contribution in [3.8, 4) is 5.75 Å². The molecule has 0 aromatic heterocycles. The molecule has 0 bridgehead atoms. The Bertz CT molecular complexity index is 407. The lowest BCUT2D eigenvalue weighted by Crippen LogP contribution is -2.24. The van der Waals surface area contributed by atoms with Crippen molar-refractivity contribution in [2.45, 2.75) is 6.92 Å². The summed E-state index contributed by atoms with van der Waals surface area (Å²) in [5.74, 6) is -1.56. The number of rotatable bonds is 4. The zero-order valence-electron chi connectivity index (χ0n) is 9.38. The van der Waals surface area contributed by atoms with Crippen molar-refractivity contribution in [2.75, 3.05) is 25.6 Å². The van der Waals surface area contributed by atoms with E-state index < -0.39 is 11.6 Å². The minimum absolute atomic E-state index is 0.0304. The fourth-order valence-corrected chi connectivity index (χ4v) is 1.39. The van der Waals surface area contributed by atoms with E-state index in [2.05, 4.69) is 4.74 Å². The number of ether oxygens (including phenoxy) is 1. The zero-order valence-corrected chi connectivity index (χ0v) is 9.38. The number of hydrogen-bond donors (Lipinski definition) is 0. The second-order valence-corrected chi connectivity index (χ2v) is 3.50. The Morgan fingerprint density at radius 2 is 2.00 bits per heavy atom. The zero-order chi connectivity index (χ0) is 12.3. The van der Waals surface area contributed by atoms with Gasteiger partial charge in [0.2, 0.25) is 0 Å². The maximum Gasteiger partial charge on any atom is 0.167 e. The highest BCUT2D eigenvalue weighted by atomic mass is 19.1. The second-order valence-electron chi connectivity index (χ2n) is 3.50. The van der Waals surface area contributed by atoms with Crippen LogP contribution < -0.4 is 9.64 Å². The summed E-state index contributed by atoms with van der Waals surface area (Å²) in [7, 11) is 2.78. The number of Topliss-reactive ketones (excluding diaryl/α,β-unsaturated/α-hetero) is 1. The van der Waals surface area contributed by atoms with Gasteiger partial charge in [0.05, 0.1) is 19.3 Å². The molecule has 0 heterocycles. The number of halogens is 2. The molecule has 0 fully saturated rings. The third-order valence-corrected chi connectivity index (χ3v) is 2.09. The smallest absolute Gasteiger partial charge is 0.167 e. The van der Waals surface area contributed by atoms with Crippen LogP contribution in [0.5, 0.6) is 5.75 Å². The van der Waals surface area contributed by atoms with Crippen molar-refractivity contribution < 1.29 is 18.3 Å². The van der Waals surface area contributed by atoms with E-state index in [1.807, 2.05) is 0 Å². The molecule has 0 N–H and O–H groups in total. The lowest BCUT2D eigenvalue weighted by molar-refractivity contribution is -0.115. The van der Waals surface area contributed by atoms with Gasteiger partial charge in [-0.25, -0.2) is 8.78 Å². The molecule has 0 saturated heterocycles. The van der Waals surface area contributed by atoms with E-state index in [4.69, 9.17) is 0 Å². The minimum Gasteiger partial charge on any atom is -0.494 e. The molecule has 0 saturated carbocycles. The molecule has 1 rings (SSSR count). The number of hydrogen-bond acceptors (Lipinski definition) is 3. The average molecular weight is 229 g/mol. The number of ketones is 1. The van der Waals surface area contributed by atoms with Crippen molar-refractivity contribution >= 4 is 11.5 Å². The van der Waals surface area contributed by atoms with Crippen molar-refractivity contribution in [2.24, 2.45) is 0 Å². The maximum atomic E-state index is 13.5. The first-order chi connectivity index (χ1) is 7.45. The first kappa shape index (κ1) is 12.4. The van der Waals surface area contributed by atoms with E-state index in [9.17, 15) is 13.6 Å². The van der Waals surface area contributed by atoms with Crippen LogP contribution in [-0.4, -0.2) is 26.5 Å². The monoisotopic (exact) mass is 229 g/mol. The van der Waals surface area contributed by atoms with Crippen molar-refractivity contribution in [1.82, 2.24) is 0 Å². The van der Waals surface area contributed by atoms with Crippen LogP contribution in [0.4, 0.5) is 14.5 Å². The van der Waals surface area contributed by atoms with Crippen LogP contribution in [0.2, 0.25) is 0 Å². The second kappa shape index (κ2) is 4.92. The number of carbonyl (C=O) groups is 1. The summed E-state index contributed by atoms with van der Waals surface area (Å²) in [4.78, 5) is 12.2. The standard InChI is InChI=1S/C11H13F2NO2/c1-7(15)6-14(2)10-4-9(13)11(16-3)5-8(10)12/h4-5H,6H2,1-3H3. The maximum absolute atomic E-state index is 13.5. The summed E-state index contributed by atoms with van der Waals surface area (Å²) in [5.41, 5.74) is 0.0356. The van der Waals surface area contributed by atoms with Crippen LogP contribution in [0, 0.1) is 11.6 Å². The predicted molar refractivity (Wildman–Crippen MR) is 56.9 cm³/mol. The molecule has 0 spiro atoms. The molecule has 3 nitrogen and oxygen atoms in total. The van der Waals surface area contributed by atoms with Crippen molar-refractivity contribution in [3.05, 3.63) is 23.8 Å². The van der Waals surface area contributed by atoms with Crippen LogP contribution >= 0.6 is 0 Å². The van der Waals surface area contributed by atoms with Gasteiger partial charge in [0.15, 0.2) is 11.6 Å². The lowest BCUT2D eigenvalue weighted by atomic mass is 10.2. The fourth-order valence-electron chi connectivity index (χ4n) is 1.39. The molecule has 1 aromatic rings. The Kier molecular flexibility index (Phi) is 3.82. The van der Waals surface area contributed by atoms with Crippen LogP contribution in [0.1, 0.15) is 6.92 Å². The number of nitrogens with zero attached hydrogens (tertiary/aromatic N) is 1. The Hall–Kier alpha value is -1.65. The van der Waals surface area contributed by atoms with E-state index in [1.54, 1.807) is 0 Å². The van der Waals surface area contributed by atoms with Gasteiger partial charge in [0, 0.05) is 19.2 Å². The molecule has 88 valence electrons. The highest BCUT2D eigenvalue weighted by Crippen LogP contribution is 2.26. The molecule has 5 heteroatoms. The third kappa shape index (κ3) is 2.68. The van der Waals surface area contributed by atoms with Crippen molar-refractivity contribution in [3.63, 3.8) is 0 Å². The van der Waals surface area contributed by atoms with E-state index in [-0.39, 0.29) is 23.8 Å². The first-order valence-electron chi connectivity index (χ1n) is 4.69. The van der Waals surface area contributed by atoms with Gasteiger partial charge in [-0.2, -0.15) is 0 Å². The SMILES string of the molecule is COc1cc(F)c(N(C)CC(C)=O)cc1F. The quantitative estimate of drug-likeness (QED) is 0.790. The molecule has 0 unspecified atom stereocenters. The summed E-state index contributed by atoms with van der Waals surface area (Å²) in [5, 5.41) is 0. The topological polar surface area (TPSA) is 29.5 Å². The normalized spacial score (nSPS) is 10.1. The third-order valence-electron chi connectivity index (χ3n) is 2.09. The van der Waals surface area contributed by atoms with Gasteiger partial charge in [-0.05, 0) is 6.92 Å². The van der Waals surface area contributed by atoms with Gasteiger partial charge in [-0.3, -0.25) is 4.79 Å². The molecule has 0 aliphatic heterocycles. The Morgan fingerprint density at radius 3 is 2.50 bits per heavy atom. The lowest BCUT2D eigenvalue weighted by Gasteiger charge is -2.18. The predicted octanol–water partition coefficient (Wildman–Crippen LogP) is 2.00. The molecular weight excluding hydrogens is 216 g/mol. The van der Waals surface area contributed by atoms with Gasteiger partial charge in [-0.1, -0.05) is 0 Å². The number of anilines is 1. The van der Waals surface area contributed by atoms with Gasteiger partial charge >= 0.3 is 0 Å². The molecule has 1 aromatic carbocycles. The number of benzene rings is 1. The largest absolute Gasteiger partial charge is 0.494 e. The summed E-state index contributed by atoms with van der Waals surface area (Å²) in [6.45, 7) is 1.41. The number of methoxy groups -OCH3 is 1. The molecular formula is C11H13F2NO2. The van der Waals surface area contributed by atoms with E-state index in [1.165, 1.54) is 26.0 Å². The van der Waals surface area contributed by atoms with Gasteiger partial charge in [0.25, 0.3) is 0 Å². The Morgan fingerprint density at radius 1 is 1.38 bits per heavy atom. The van der Waals surface area contributed by atoms with E-state index >= 15 is 0 Å². The van der Waals surface area contributed by atoms with E-state index in [0.29, 0.717) is 0 Å². The van der Waals surface area contributed by atoms with Crippen LogP contribution in [0.15, 0.2) is 12.1 Å². The van der Waals surface area contributed by atoms with Crippen LogP contribution in [0.25, 0.3) is 0 Å². The summed E-state index contributed by atoms with van der Waals surface area (Å²) < 4.78 is 31.5. The van der Waals surface area contributed by atoms with Crippen molar-refractivity contribution in [1.29, 1.82) is 0 Å². The molecule has 0 amide bonds. The first-order valence-corrected chi connectivity index (χ1v) is 4.69. The minimum atomic E-state index is -0.658. The summed E-state index contributed by atoms with van der Waals surface area (Å²) >= 11 is 0. The number of carbonyl (C=O) groups excluding carboxylic acids is 1. The molecule has 16 heavy (non-hydrogen) atoms. The molecule has 0 aliphatic rings. The van der Waals surface area contributed by atoms with Gasteiger partial charge < -0.3 is 9.64 Å². The average Bonchev–Trinajstić information content (AvgIpc) is 2.19. The van der Waals surface area contributed by atoms with Crippen LogP contribution in [0.3, 0.4) is 0 Å². The molecule has 0 radical (unpaired) electrons. The van der Waals surface area contributed by atoms with Gasteiger partial charge in [0.1, 0.15) is 11.6 Å². The summed E-state index contributed by atoms with van der Waals surface area (Å²) in [6.07, 6.45) is 0. The molecule has 0 atom stereocenters. The Balaban J connectivity index is 3.05. The highest BCUT2D eigenvalue weighted by molar-refractivity contribution is 5.80.